The van der Waals surface area contributed by atoms with Crippen LogP contribution in [0.4, 0.5) is 5.82 Å². The van der Waals surface area contributed by atoms with Crippen LogP contribution in [0.5, 0.6) is 0 Å². The highest BCUT2D eigenvalue weighted by molar-refractivity contribution is 5.87. The predicted molar refractivity (Wildman–Crippen MR) is 96.7 cm³/mol. The lowest BCUT2D eigenvalue weighted by molar-refractivity contribution is -0.143. The standard InChI is InChI=1S/C18H26N4O4/c1-13(2)17(18(25)26)20-15(23)6-7-16(24)22-11-9-21(10-12-22)14-5-3-4-8-19-14/h3-5,8,13,17H,6-7,9-12H2,1-2H3,(H,20,23)(H,25,26)/t17-/m1/s1. The Kier molecular flexibility index (Phi) is 6.94. The fraction of sp³-hybridized carbons (Fsp3) is 0.556. The van der Waals surface area contributed by atoms with Crippen molar-refractivity contribution < 1.29 is 19.5 Å². The summed E-state index contributed by atoms with van der Waals surface area (Å²) in [4.78, 5) is 43.5. The van der Waals surface area contributed by atoms with E-state index >= 15 is 0 Å². The highest BCUT2D eigenvalue weighted by Gasteiger charge is 2.25. The van der Waals surface area contributed by atoms with Gasteiger partial charge in [0.25, 0.3) is 0 Å². The molecule has 1 aliphatic heterocycles. The zero-order chi connectivity index (χ0) is 19.1. The number of carboxylic acids is 1. The van der Waals surface area contributed by atoms with Gasteiger partial charge in [-0.3, -0.25) is 9.59 Å². The Morgan fingerprint density at radius 3 is 2.38 bits per heavy atom. The van der Waals surface area contributed by atoms with Crippen molar-refractivity contribution in [3.8, 4) is 0 Å². The molecule has 26 heavy (non-hydrogen) atoms. The van der Waals surface area contributed by atoms with Gasteiger partial charge in [-0.2, -0.15) is 0 Å². The van der Waals surface area contributed by atoms with Crippen LogP contribution in [-0.2, 0) is 14.4 Å². The Labute approximate surface area is 153 Å². The highest BCUT2D eigenvalue weighted by Crippen LogP contribution is 2.13. The molecule has 1 atom stereocenters. The van der Waals surface area contributed by atoms with Crippen molar-refractivity contribution in [1.29, 1.82) is 0 Å². The molecule has 0 aromatic carbocycles. The Morgan fingerprint density at radius 1 is 1.15 bits per heavy atom. The second kappa shape index (κ2) is 9.17. The number of aromatic nitrogens is 1. The smallest absolute Gasteiger partial charge is 0.326 e. The normalized spacial score (nSPS) is 15.7. The summed E-state index contributed by atoms with van der Waals surface area (Å²) in [6, 6.07) is 4.80. The molecular weight excluding hydrogens is 336 g/mol. The minimum atomic E-state index is -1.06. The molecule has 2 N–H and O–H groups in total. The largest absolute Gasteiger partial charge is 0.480 e. The summed E-state index contributed by atoms with van der Waals surface area (Å²) in [6.45, 7) is 6.02. The Morgan fingerprint density at radius 2 is 1.85 bits per heavy atom. The minimum absolute atomic E-state index is 0.00418. The minimum Gasteiger partial charge on any atom is -0.480 e. The molecule has 1 aliphatic rings. The molecule has 0 spiro atoms. The molecule has 1 fully saturated rings. The third kappa shape index (κ3) is 5.44. The summed E-state index contributed by atoms with van der Waals surface area (Å²) < 4.78 is 0. The first kappa shape index (κ1) is 19.7. The number of carboxylic acid groups (broad SMARTS) is 1. The lowest BCUT2D eigenvalue weighted by atomic mass is 10.0. The van der Waals surface area contributed by atoms with Crippen LogP contribution in [0.3, 0.4) is 0 Å². The maximum absolute atomic E-state index is 12.3. The number of piperazine rings is 1. The van der Waals surface area contributed by atoms with E-state index in [1.54, 1.807) is 24.9 Å². The first-order valence-electron chi connectivity index (χ1n) is 8.84. The van der Waals surface area contributed by atoms with Crippen molar-refractivity contribution in [1.82, 2.24) is 15.2 Å². The highest BCUT2D eigenvalue weighted by atomic mass is 16.4. The van der Waals surface area contributed by atoms with Gasteiger partial charge in [0, 0.05) is 45.2 Å². The van der Waals surface area contributed by atoms with Crippen LogP contribution in [0.2, 0.25) is 0 Å². The van der Waals surface area contributed by atoms with Crippen LogP contribution in [0, 0.1) is 5.92 Å². The van der Waals surface area contributed by atoms with Crippen molar-refractivity contribution >= 4 is 23.6 Å². The van der Waals surface area contributed by atoms with E-state index < -0.39 is 17.9 Å². The summed E-state index contributed by atoms with van der Waals surface area (Å²) in [5.74, 6) is -0.881. The van der Waals surface area contributed by atoms with E-state index in [4.69, 9.17) is 5.11 Å². The Balaban J connectivity index is 1.75. The van der Waals surface area contributed by atoms with Crippen molar-refractivity contribution in [2.75, 3.05) is 31.1 Å². The molecule has 0 bridgehead atoms. The summed E-state index contributed by atoms with van der Waals surface area (Å²) in [6.07, 6.45) is 1.82. The SMILES string of the molecule is CC(C)[C@@H](NC(=O)CCC(=O)N1CCN(c2ccccn2)CC1)C(=O)O. The number of nitrogens with one attached hydrogen (secondary N) is 1. The van der Waals surface area contributed by atoms with Crippen LogP contribution in [0.25, 0.3) is 0 Å². The number of rotatable bonds is 7. The number of pyridine rings is 1. The molecule has 142 valence electrons. The van der Waals surface area contributed by atoms with E-state index in [-0.39, 0.29) is 24.7 Å². The van der Waals surface area contributed by atoms with Crippen molar-refractivity contribution in [3.63, 3.8) is 0 Å². The van der Waals surface area contributed by atoms with E-state index in [1.807, 2.05) is 18.2 Å². The molecule has 8 nitrogen and oxygen atoms in total. The number of anilines is 1. The molecule has 2 heterocycles. The van der Waals surface area contributed by atoms with Crippen LogP contribution < -0.4 is 10.2 Å². The van der Waals surface area contributed by atoms with Crippen molar-refractivity contribution in [3.05, 3.63) is 24.4 Å². The van der Waals surface area contributed by atoms with Gasteiger partial charge < -0.3 is 20.2 Å². The van der Waals surface area contributed by atoms with Crippen LogP contribution in [0.15, 0.2) is 24.4 Å². The number of carbonyl (C=O) groups is 3. The van der Waals surface area contributed by atoms with Gasteiger partial charge in [0.1, 0.15) is 11.9 Å². The quantitative estimate of drug-likeness (QED) is 0.741. The van der Waals surface area contributed by atoms with E-state index in [2.05, 4.69) is 15.2 Å². The molecule has 0 aliphatic carbocycles. The van der Waals surface area contributed by atoms with Gasteiger partial charge in [-0.25, -0.2) is 9.78 Å². The first-order valence-corrected chi connectivity index (χ1v) is 8.84. The number of nitrogens with zero attached hydrogens (tertiary/aromatic N) is 3. The molecule has 1 aromatic rings. The molecular formula is C18H26N4O4. The van der Waals surface area contributed by atoms with Crippen LogP contribution in [0.1, 0.15) is 26.7 Å². The number of carbonyl (C=O) groups excluding carboxylic acids is 2. The average molecular weight is 362 g/mol. The monoisotopic (exact) mass is 362 g/mol. The Bertz CT molecular complexity index is 627. The summed E-state index contributed by atoms with van der Waals surface area (Å²) in [7, 11) is 0. The van der Waals surface area contributed by atoms with E-state index in [9.17, 15) is 14.4 Å². The maximum atomic E-state index is 12.3. The average Bonchev–Trinajstić information content (AvgIpc) is 2.64. The molecule has 1 saturated heterocycles. The van der Waals surface area contributed by atoms with E-state index in [0.717, 1.165) is 5.82 Å². The fourth-order valence-electron chi connectivity index (χ4n) is 2.86. The number of hydrogen-bond donors (Lipinski definition) is 2. The van der Waals surface area contributed by atoms with Gasteiger partial charge in [0.2, 0.25) is 11.8 Å². The van der Waals surface area contributed by atoms with Crippen molar-refractivity contribution in [2.24, 2.45) is 5.92 Å². The number of hydrogen-bond acceptors (Lipinski definition) is 5. The predicted octanol–water partition coefficient (Wildman–Crippen LogP) is 0.736. The summed E-state index contributed by atoms with van der Waals surface area (Å²) >= 11 is 0. The fourth-order valence-corrected chi connectivity index (χ4v) is 2.86. The maximum Gasteiger partial charge on any atom is 0.326 e. The number of aliphatic carboxylic acids is 1. The van der Waals surface area contributed by atoms with Crippen molar-refractivity contribution in [2.45, 2.75) is 32.7 Å². The molecule has 0 unspecified atom stereocenters. The molecule has 2 amide bonds. The molecule has 1 aromatic heterocycles. The zero-order valence-electron chi connectivity index (χ0n) is 15.2. The van der Waals surface area contributed by atoms with Gasteiger partial charge in [-0.1, -0.05) is 19.9 Å². The lowest BCUT2D eigenvalue weighted by Crippen LogP contribution is -2.49. The van der Waals surface area contributed by atoms with Gasteiger partial charge >= 0.3 is 5.97 Å². The number of amides is 2. The lowest BCUT2D eigenvalue weighted by Gasteiger charge is -2.35. The van der Waals surface area contributed by atoms with Crippen LogP contribution >= 0.6 is 0 Å². The summed E-state index contributed by atoms with van der Waals surface area (Å²) in [5, 5.41) is 11.6. The van der Waals surface area contributed by atoms with Gasteiger partial charge in [0.05, 0.1) is 0 Å². The summed E-state index contributed by atoms with van der Waals surface area (Å²) in [5.41, 5.74) is 0. The topological polar surface area (TPSA) is 103 Å². The first-order chi connectivity index (χ1) is 12.4. The third-order valence-electron chi connectivity index (χ3n) is 4.42. The third-order valence-corrected chi connectivity index (χ3v) is 4.42. The molecule has 8 heteroatoms. The van der Waals surface area contributed by atoms with E-state index in [0.29, 0.717) is 26.2 Å². The van der Waals surface area contributed by atoms with Crippen LogP contribution in [-0.4, -0.2) is 65.0 Å². The second-order valence-electron chi connectivity index (χ2n) is 6.68. The molecule has 0 saturated carbocycles. The second-order valence-corrected chi connectivity index (χ2v) is 6.68. The molecule has 2 rings (SSSR count). The van der Waals surface area contributed by atoms with Gasteiger partial charge in [-0.15, -0.1) is 0 Å². The van der Waals surface area contributed by atoms with Gasteiger partial charge in [0.15, 0.2) is 0 Å². The zero-order valence-corrected chi connectivity index (χ0v) is 15.2. The van der Waals surface area contributed by atoms with E-state index in [1.165, 1.54) is 0 Å². The molecule has 0 radical (unpaired) electrons. The Hall–Kier alpha value is -2.64. The van der Waals surface area contributed by atoms with Gasteiger partial charge in [-0.05, 0) is 18.1 Å².